The smallest absolute Gasteiger partial charge is 0.354 e. The number of pyridine rings is 1. The molecule has 9 heteroatoms. The van der Waals surface area contributed by atoms with Gasteiger partial charge in [0.25, 0.3) is 10.0 Å². The van der Waals surface area contributed by atoms with Crippen molar-refractivity contribution in [1.82, 2.24) is 4.98 Å². The lowest BCUT2D eigenvalue weighted by Crippen LogP contribution is -2.15. The number of rotatable bonds is 4. The first kappa shape index (κ1) is 15.4. The van der Waals surface area contributed by atoms with Crippen molar-refractivity contribution in [3.05, 3.63) is 52.4 Å². The number of carboxylic acids is 1. The Morgan fingerprint density at radius 3 is 2.62 bits per heavy atom. The summed E-state index contributed by atoms with van der Waals surface area (Å²) in [7, 11) is -4.02. The molecular weight excluding hydrogens is 367 g/mol. The number of nitrogens with one attached hydrogen (secondary N) is 1. The first-order valence-corrected chi connectivity index (χ1v) is 7.75. The molecule has 1 heterocycles. The highest BCUT2D eigenvalue weighted by atomic mass is 79.9. The third kappa shape index (κ3) is 3.56. The van der Waals surface area contributed by atoms with E-state index in [-0.39, 0.29) is 20.9 Å². The van der Waals surface area contributed by atoms with Crippen molar-refractivity contribution in [3.63, 3.8) is 0 Å². The van der Waals surface area contributed by atoms with Gasteiger partial charge in [-0.3, -0.25) is 4.72 Å². The van der Waals surface area contributed by atoms with E-state index < -0.39 is 21.8 Å². The van der Waals surface area contributed by atoms with E-state index in [1.807, 2.05) is 0 Å². The number of aromatic nitrogens is 1. The number of halogens is 2. The van der Waals surface area contributed by atoms with E-state index >= 15 is 0 Å². The monoisotopic (exact) mass is 374 g/mol. The molecular formula is C12H8BrFN2O4S. The van der Waals surface area contributed by atoms with Gasteiger partial charge in [0.05, 0.1) is 0 Å². The summed E-state index contributed by atoms with van der Waals surface area (Å²) in [5.74, 6) is -2.02. The van der Waals surface area contributed by atoms with Crippen molar-refractivity contribution < 1.29 is 22.7 Å². The lowest BCUT2D eigenvalue weighted by molar-refractivity contribution is 0.0690. The molecule has 0 aliphatic carbocycles. The summed E-state index contributed by atoms with van der Waals surface area (Å²) in [5.41, 5.74) is -0.298. The standard InChI is InChI=1S/C12H8BrFN2O4S/c13-8-6-7(14)4-5-10(8)21(19,20)16-11-3-1-2-9(15-11)12(17)18/h1-6H,(H,15,16)(H,17,18). The topological polar surface area (TPSA) is 96.4 Å². The number of nitrogens with zero attached hydrogens (tertiary/aromatic N) is 1. The zero-order valence-electron chi connectivity index (χ0n) is 10.2. The van der Waals surface area contributed by atoms with Crippen LogP contribution in [0.25, 0.3) is 0 Å². The first-order valence-electron chi connectivity index (χ1n) is 5.48. The summed E-state index contributed by atoms with van der Waals surface area (Å²) < 4.78 is 39.5. The van der Waals surface area contributed by atoms with Gasteiger partial charge in [0, 0.05) is 4.47 Å². The molecule has 0 aliphatic heterocycles. The second-order valence-corrected chi connectivity index (χ2v) is 6.40. The Labute approximate surface area is 127 Å². The Morgan fingerprint density at radius 2 is 2.00 bits per heavy atom. The van der Waals surface area contributed by atoms with Gasteiger partial charge in [-0.2, -0.15) is 0 Å². The van der Waals surface area contributed by atoms with Crippen LogP contribution in [0.2, 0.25) is 0 Å². The number of hydrogen-bond acceptors (Lipinski definition) is 4. The number of carbonyl (C=O) groups is 1. The maximum absolute atomic E-state index is 13.0. The minimum absolute atomic E-state index is 0.0457. The summed E-state index contributed by atoms with van der Waals surface area (Å²) in [4.78, 5) is 14.3. The van der Waals surface area contributed by atoms with Crippen molar-refractivity contribution in [2.45, 2.75) is 4.90 Å². The molecule has 0 radical (unpaired) electrons. The van der Waals surface area contributed by atoms with E-state index in [4.69, 9.17) is 5.11 Å². The molecule has 0 spiro atoms. The molecule has 0 fully saturated rings. The number of aromatic carboxylic acids is 1. The van der Waals surface area contributed by atoms with E-state index in [0.29, 0.717) is 0 Å². The summed E-state index contributed by atoms with van der Waals surface area (Å²) in [6, 6.07) is 6.99. The van der Waals surface area contributed by atoms with Crippen LogP contribution in [0.5, 0.6) is 0 Å². The largest absolute Gasteiger partial charge is 0.477 e. The molecule has 0 atom stereocenters. The van der Waals surface area contributed by atoms with Gasteiger partial charge < -0.3 is 5.11 Å². The predicted molar refractivity (Wildman–Crippen MR) is 76.1 cm³/mol. The summed E-state index contributed by atoms with van der Waals surface area (Å²) >= 11 is 2.96. The molecule has 110 valence electrons. The third-order valence-electron chi connectivity index (χ3n) is 2.39. The SMILES string of the molecule is O=C(O)c1cccc(NS(=O)(=O)c2ccc(F)cc2Br)n1. The van der Waals surface area contributed by atoms with E-state index in [9.17, 15) is 17.6 Å². The number of anilines is 1. The molecule has 0 saturated carbocycles. The highest BCUT2D eigenvalue weighted by Crippen LogP contribution is 2.24. The molecule has 2 rings (SSSR count). The first-order chi connectivity index (χ1) is 9.79. The Kier molecular flexibility index (Phi) is 4.24. The van der Waals surface area contributed by atoms with Crippen LogP contribution in [-0.4, -0.2) is 24.5 Å². The zero-order chi connectivity index (χ0) is 15.6. The van der Waals surface area contributed by atoms with Crippen LogP contribution in [0.15, 0.2) is 45.8 Å². The van der Waals surface area contributed by atoms with Gasteiger partial charge in [0.15, 0.2) is 5.69 Å². The van der Waals surface area contributed by atoms with Crippen molar-refractivity contribution in [3.8, 4) is 0 Å². The third-order valence-corrected chi connectivity index (χ3v) is 4.72. The van der Waals surface area contributed by atoms with Crippen LogP contribution in [-0.2, 0) is 10.0 Å². The van der Waals surface area contributed by atoms with Crippen LogP contribution < -0.4 is 4.72 Å². The molecule has 0 amide bonds. The molecule has 0 aliphatic rings. The van der Waals surface area contributed by atoms with Crippen LogP contribution in [0, 0.1) is 5.82 Å². The van der Waals surface area contributed by atoms with Gasteiger partial charge in [-0.15, -0.1) is 0 Å². The maximum atomic E-state index is 13.0. The zero-order valence-corrected chi connectivity index (χ0v) is 12.6. The number of carboxylic acid groups (broad SMARTS) is 1. The summed E-state index contributed by atoms with van der Waals surface area (Å²) in [6.45, 7) is 0. The molecule has 6 nitrogen and oxygen atoms in total. The molecule has 0 saturated heterocycles. The summed E-state index contributed by atoms with van der Waals surface area (Å²) in [6.07, 6.45) is 0. The highest BCUT2D eigenvalue weighted by molar-refractivity contribution is 9.10. The fourth-order valence-corrected chi connectivity index (χ4v) is 3.55. The van der Waals surface area contributed by atoms with Gasteiger partial charge in [0.1, 0.15) is 16.5 Å². The normalized spacial score (nSPS) is 11.1. The molecule has 2 aromatic rings. The maximum Gasteiger partial charge on any atom is 0.354 e. The fourth-order valence-electron chi connectivity index (χ4n) is 1.50. The van der Waals surface area contributed by atoms with Gasteiger partial charge in [0.2, 0.25) is 0 Å². The number of hydrogen-bond donors (Lipinski definition) is 2. The fraction of sp³-hybridized carbons (Fsp3) is 0. The predicted octanol–water partition coefficient (Wildman–Crippen LogP) is 2.48. The van der Waals surface area contributed by atoms with Crippen molar-refractivity contribution >= 4 is 37.7 Å². The second kappa shape index (κ2) is 5.78. The van der Waals surface area contributed by atoms with Gasteiger partial charge in [-0.1, -0.05) is 6.07 Å². The van der Waals surface area contributed by atoms with E-state index in [0.717, 1.165) is 18.2 Å². The quantitative estimate of drug-likeness (QED) is 0.856. The molecule has 0 unspecified atom stereocenters. The Balaban J connectivity index is 2.37. The minimum Gasteiger partial charge on any atom is -0.477 e. The molecule has 1 aromatic heterocycles. The Bertz CT molecular complexity index is 811. The Hall–Kier alpha value is -2.00. The van der Waals surface area contributed by atoms with Crippen molar-refractivity contribution in [2.75, 3.05) is 4.72 Å². The second-order valence-electron chi connectivity index (χ2n) is 3.89. The van der Waals surface area contributed by atoms with E-state index in [1.165, 1.54) is 18.2 Å². The number of sulfonamides is 1. The molecule has 2 N–H and O–H groups in total. The average Bonchev–Trinajstić information content (AvgIpc) is 2.37. The van der Waals surface area contributed by atoms with Gasteiger partial charge in [-0.05, 0) is 46.3 Å². The molecule has 1 aromatic carbocycles. The van der Waals surface area contributed by atoms with Gasteiger partial charge >= 0.3 is 5.97 Å². The lowest BCUT2D eigenvalue weighted by Gasteiger charge is -2.09. The Morgan fingerprint density at radius 1 is 1.29 bits per heavy atom. The van der Waals surface area contributed by atoms with E-state index in [1.54, 1.807) is 0 Å². The highest BCUT2D eigenvalue weighted by Gasteiger charge is 2.19. The summed E-state index contributed by atoms with van der Waals surface area (Å²) in [5, 5.41) is 8.81. The van der Waals surface area contributed by atoms with Crippen molar-refractivity contribution in [1.29, 1.82) is 0 Å². The van der Waals surface area contributed by atoms with E-state index in [2.05, 4.69) is 25.6 Å². The van der Waals surface area contributed by atoms with Crippen LogP contribution in [0.3, 0.4) is 0 Å². The lowest BCUT2D eigenvalue weighted by atomic mass is 10.3. The van der Waals surface area contributed by atoms with Crippen LogP contribution in [0.1, 0.15) is 10.5 Å². The molecule has 0 bridgehead atoms. The minimum atomic E-state index is -4.02. The van der Waals surface area contributed by atoms with Crippen LogP contribution in [0.4, 0.5) is 10.2 Å². The van der Waals surface area contributed by atoms with Crippen molar-refractivity contribution in [2.24, 2.45) is 0 Å². The molecule has 21 heavy (non-hydrogen) atoms. The average molecular weight is 375 g/mol. The number of benzene rings is 1. The van der Waals surface area contributed by atoms with Gasteiger partial charge in [-0.25, -0.2) is 22.6 Å². The van der Waals surface area contributed by atoms with Crippen LogP contribution >= 0.6 is 15.9 Å².